The zero-order valence-electron chi connectivity index (χ0n) is 20.1. The summed E-state index contributed by atoms with van der Waals surface area (Å²) in [6.45, 7) is 10.7. The van der Waals surface area contributed by atoms with Gasteiger partial charge in [-0.1, -0.05) is 20.8 Å². The van der Waals surface area contributed by atoms with Crippen LogP contribution in [0.25, 0.3) is 0 Å². The molecule has 4 fully saturated rings. The van der Waals surface area contributed by atoms with Gasteiger partial charge < -0.3 is 14.9 Å². The fraction of sp³-hybridized carbons (Fsp3) is 0.889. The summed E-state index contributed by atoms with van der Waals surface area (Å²) < 4.78 is 6.31. The first-order valence-corrected chi connectivity index (χ1v) is 12.8. The molecular weight excluding hydrogens is 388 g/mol. The number of fused-ring (bicyclic) bond motifs is 8. The van der Waals surface area contributed by atoms with Crippen molar-refractivity contribution in [2.45, 2.75) is 110 Å². The third kappa shape index (κ3) is 3.30. The van der Waals surface area contributed by atoms with E-state index in [9.17, 15) is 15.0 Å². The highest BCUT2D eigenvalue weighted by Crippen LogP contribution is 2.70. The van der Waals surface area contributed by atoms with Crippen molar-refractivity contribution in [3.8, 4) is 0 Å². The molecule has 0 spiro atoms. The Morgan fingerprint density at radius 3 is 2.61 bits per heavy atom. The number of carbonyl (C=O) groups is 1. The maximum Gasteiger partial charge on any atom is 0.155 e. The highest BCUT2D eigenvalue weighted by atomic mass is 16.6. The van der Waals surface area contributed by atoms with Crippen LogP contribution in [0.4, 0.5) is 0 Å². The molecule has 0 amide bonds. The highest BCUT2D eigenvalue weighted by molar-refractivity contribution is 5.92. The van der Waals surface area contributed by atoms with E-state index in [0.717, 1.165) is 12.8 Å². The largest absolute Gasteiger partial charge is 0.390 e. The lowest BCUT2D eigenvalue weighted by Crippen LogP contribution is -2.53. The standard InChI is InChI=1S/C27H42O4/c1-15(6-9-21(29)25(2,3)30)17-7-8-18-22-19(11-13-26(17,18)4)27(5)12-10-16(28)14-20(27)23-24(22)31-23/h14-15,17-19,21-24,29-30H,6-13H2,1-5H3/t15-,17?,18+,19+,21?,22?,23?,24?,26?,27?/m1/s1. The summed E-state index contributed by atoms with van der Waals surface area (Å²) in [5.41, 5.74) is 0.793. The van der Waals surface area contributed by atoms with Gasteiger partial charge >= 0.3 is 0 Å². The number of ether oxygens (including phenoxy) is 1. The average Bonchev–Trinajstić information content (AvgIpc) is 3.40. The molecule has 1 saturated heterocycles. The second-order valence-corrected chi connectivity index (χ2v) is 12.7. The lowest BCUT2D eigenvalue weighted by molar-refractivity contribution is -0.117. The van der Waals surface area contributed by atoms with E-state index >= 15 is 0 Å². The molecule has 3 saturated carbocycles. The summed E-state index contributed by atoms with van der Waals surface area (Å²) in [4.78, 5) is 12.1. The predicted molar refractivity (Wildman–Crippen MR) is 120 cm³/mol. The molecule has 0 aromatic carbocycles. The minimum Gasteiger partial charge on any atom is -0.390 e. The Morgan fingerprint density at radius 1 is 1.16 bits per heavy atom. The fourth-order valence-electron chi connectivity index (χ4n) is 8.76. The summed E-state index contributed by atoms with van der Waals surface area (Å²) in [5.74, 6) is 3.54. The van der Waals surface area contributed by atoms with E-state index in [1.807, 2.05) is 6.08 Å². The summed E-state index contributed by atoms with van der Waals surface area (Å²) >= 11 is 0. The number of epoxide rings is 1. The molecule has 31 heavy (non-hydrogen) atoms. The van der Waals surface area contributed by atoms with Crippen molar-refractivity contribution in [1.82, 2.24) is 0 Å². The van der Waals surface area contributed by atoms with Crippen LogP contribution in [-0.2, 0) is 9.53 Å². The maximum atomic E-state index is 12.1. The van der Waals surface area contributed by atoms with Gasteiger partial charge in [-0.3, -0.25) is 4.79 Å². The van der Waals surface area contributed by atoms with E-state index in [1.54, 1.807) is 13.8 Å². The van der Waals surface area contributed by atoms with Crippen molar-refractivity contribution in [2.24, 2.45) is 40.4 Å². The summed E-state index contributed by atoms with van der Waals surface area (Å²) in [5, 5.41) is 20.4. The number of ketones is 1. The molecule has 0 aromatic rings. The normalized spacial score (nSPS) is 48.1. The zero-order chi connectivity index (χ0) is 22.3. The van der Waals surface area contributed by atoms with Crippen LogP contribution in [0.2, 0.25) is 0 Å². The highest BCUT2D eigenvalue weighted by Gasteiger charge is 2.69. The molecule has 174 valence electrons. The predicted octanol–water partition coefficient (Wildman–Crippen LogP) is 4.67. The fourth-order valence-corrected chi connectivity index (χ4v) is 8.76. The van der Waals surface area contributed by atoms with Crippen LogP contribution in [0.3, 0.4) is 0 Å². The Labute approximate surface area is 187 Å². The van der Waals surface area contributed by atoms with E-state index < -0.39 is 11.7 Å². The van der Waals surface area contributed by atoms with Crippen LogP contribution in [0.15, 0.2) is 11.6 Å². The first-order chi connectivity index (χ1) is 14.5. The van der Waals surface area contributed by atoms with Crippen molar-refractivity contribution >= 4 is 5.78 Å². The molecule has 2 N–H and O–H groups in total. The van der Waals surface area contributed by atoms with Crippen LogP contribution < -0.4 is 0 Å². The number of aliphatic hydroxyl groups is 2. The van der Waals surface area contributed by atoms with Gasteiger partial charge in [0, 0.05) is 6.42 Å². The molecular formula is C27H42O4. The molecule has 0 aromatic heterocycles. The molecule has 7 unspecified atom stereocenters. The second-order valence-electron chi connectivity index (χ2n) is 12.7. The molecule has 4 nitrogen and oxygen atoms in total. The third-order valence-corrected chi connectivity index (χ3v) is 10.7. The summed E-state index contributed by atoms with van der Waals surface area (Å²) in [6, 6.07) is 0. The maximum absolute atomic E-state index is 12.1. The zero-order valence-corrected chi connectivity index (χ0v) is 20.1. The van der Waals surface area contributed by atoms with Crippen molar-refractivity contribution in [2.75, 3.05) is 0 Å². The Morgan fingerprint density at radius 2 is 1.90 bits per heavy atom. The minimum absolute atomic E-state index is 0.151. The van der Waals surface area contributed by atoms with Crippen LogP contribution in [0.1, 0.15) is 86.0 Å². The van der Waals surface area contributed by atoms with Crippen LogP contribution in [0, 0.1) is 40.4 Å². The topological polar surface area (TPSA) is 70.1 Å². The van der Waals surface area contributed by atoms with Crippen molar-refractivity contribution in [3.63, 3.8) is 0 Å². The van der Waals surface area contributed by atoms with E-state index in [-0.39, 0.29) is 11.5 Å². The Hall–Kier alpha value is -0.710. The van der Waals surface area contributed by atoms with Crippen LogP contribution in [-0.4, -0.2) is 39.9 Å². The smallest absolute Gasteiger partial charge is 0.155 e. The van der Waals surface area contributed by atoms with E-state index in [4.69, 9.17) is 4.74 Å². The molecule has 1 aliphatic heterocycles. The van der Waals surface area contributed by atoms with Crippen molar-refractivity contribution in [3.05, 3.63) is 11.6 Å². The van der Waals surface area contributed by atoms with Gasteiger partial charge in [-0.05, 0) is 111 Å². The number of carbonyl (C=O) groups excluding carboxylic acids is 1. The van der Waals surface area contributed by atoms with Gasteiger partial charge in [0.05, 0.1) is 17.8 Å². The van der Waals surface area contributed by atoms with Gasteiger partial charge in [-0.15, -0.1) is 0 Å². The Balaban J connectivity index is 1.34. The Bertz CT molecular complexity index is 781. The Kier molecular flexibility index (Phi) is 5.09. The lowest BCUT2D eigenvalue weighted by Gasteiger charge is -2.57. The molecule has 10 atom stereocenters. The molecule has 0 bridgehead atoms. The van der Waals surface area contributed by atoms with E-state index in [1.165, 1.54) is 31.3 Å². The first kappa shape index (κ1) is 22.1. The average molecular weight is 431 g/mol. The van der Waals surface area contributed by atoms with Gasteiger partial charge in [0.15, 0.2) is 5.78 Å². The molecule has 5 rings (SSSR count). The first-order valence-electron chi connectivity index (χ1n) is 12.8. The van der Waals surface area contributed by atoms with Gasteiger partial charge in [0.1, 0.15) is 6.10 Å². The molecule has 0 radical (unpaired) electrons. The second kappa shape index (κ2) is 7.14. The van der Waals surface area contributed by atoms with Crippen molar-refractivity contribution < 1.29 is 19.7 Å². The van der Waals surface area contributed by atoms with Crippen LogP contribution >= 0.6 is 0 Å². The number of rotatable bonds is 5. The quantitative estimate of drug-likeness (QED) is 0.622. The van der Waals surface area contributed by atoms with Crippen molar-refractivity contribution in [1.29, 1.82) is 0 Å². The number of aliphatic hydroxyl groups excluding tert-OH is 1. The number of hydrogen-bond donors (Lipinski definition) is 2. The van der Waals surface area contributed by atoms with E-state index in [0.29, 0.717) is 59.7 Å². The van der Waals surface area contributed by atoms with Crippen LogP contribution in [0.5, 0.6) is 0 Å². The minimum atomic E-state index is -1.03. The molecule has 5 aliphatic rings. The van der Waals surface area contributed by atoms with Gasteiger partial charge in [-0.2, -0.15) is 0 Å². The monoisotopic (exact) mass is 430 g/mol. The van der Waals surface area contributed by atoms with Gasteiger partial charge in [0.25, 0.3) is 0 Å². The summed E-state index contributed by atoms with van der Waals surface area (Å²) in [7, 11) is 0. The SMILES string of the molecule is C[C@H](CCC(O)C(C)(C)O)C1CC[C@H]2C3C4OC4C4=CC(=O)CCC4(C)[C@H]3CCC12C. The molecule has 4 aliphatic carbocycles. The van der Waals surface area contributed by atoms with Gasteiger partial charge in [-0.25, -0.2) is 0 Å². The van der Waals surface area contributed by atoms with E-state index in [2.05, 4.69) is 20.8 Å². The number of hydrogen-bond acceptors (Lipinski definition) is 4. The summed E-state index contributed by atoms with van der Waals surface area (Å²) in [6.07, 6.45) is 10.3. The molecule has 1 heterocycles. The lowest BCUT2D eigenvalue weighted by atomic mass is 9.46. The molecule has 4 heteroatoms. The third-order valence-electron chi connectivity index (χ3n) is 10.7. The van der Waals surface area contributed by atoms with Gasteiger partial charge in [0.2, 0.25) is 0 Å².